The number of rotatable bonds is 10. The van der Waals surface area contributed by atoms with Crippen LogP contribution in [0, 0.1) is 5.92 Å². The predicted octanol–water partition coefficient (Wildman–Crippen LogP) is 1.73. The van der Waals surface area contributed by atoms with E-state index in [2.05, 4.69) is 30.8 Å². The van der Waals surface area contributed by atoms with Gasteiger partial charge < -0.3 is 5.32 Å². The molecule has 104 valence electrons. The van der Waals surface area contributed by atoms with Crippen molar-refractivity contribution in [2.24, 2.45) is 5.92 Å². The van der Waals surface area contributed by atoms with Gasteiger partial charge in [-0.15, -0.1) is 0 Å². The standard InChI is InChI=1S/C12H28N2O2S/c1-5-7-13-8-6-9-17(15,16)14-12(4)10-11(2)3/h11-14H,5-10H2,1-4H3. The summed E-state index contributed by atoms with van der Waals surface area (Å²) in [6, 6.07) is 0.0311. The van der Waals surface area contributed by atoms with Crippen molar-refractivity contribution in [2.75, 3.05) is 18.8 Å². The van der Waals surface area contributed by atoms with Crippen LogP contribution in [0.4, 0.5) is 0 Å². The fourth-order valence-corrected chi connectivity index (χ4v) is 3.16. The Labute approximate surface area is 107 Å². The lowest BCUT2D eigenvalue weighted by atomic mass is 10.1. The van der Waals surface area contributed by atoms with Crippen molar-refractivity contribution >= 4 is 10.0 Å². The maximum Gasteiger partial charge on any atom is 0.211 e. The number of nitrogens with one attached hydrogen (secondary N) is 2. The first kappa shape index (κ1) is 16.9. The highest BCUT2D eigenvalue weighted by Crippen LogP contribution is 2.05. The normalized spacial score (nSPS) is 14.2. The maximum absolute atomic E-state index is 11.7. The minimum Gasteiger partial charge on any atom is -0.317 e. The Balaban J connectivity index is 3.79. The van der Waals surface area contributed by atoms with Crippen molar-refractivity contribution in [1.29, 1.82) is 0 Å². The van der Waals surface area contributed by atoms with Crippen molar-refractivity contribution in [3.63, 3.8) is 0 Å². The van der Waals surface area contributed by atoms with Gasteiger partial charge in [0.25, 0.3) is 0 Å². The van der Waals surface area contributed by atoms with Gasteiger partial charge in [0.2, 0.25) is 10.0 Å². The Kier molecular flexibility index (Phi) is 8.82. The Morgan fingerprint density at radius 3 is 2.29 bits per heavy atom. The molecule has 2 N–H and O–H groups in total. The van der Waals surface area contributed by atoms with E-state index in [-0.39, 0.29) is 11.8 Å². The molecule has 0 aromatic rings. The molecule has 0 rings (SSSR count). The Morgan fingerprint density at radius 1 is 1.12 bits per heavy atom. The van der Waals surface area contributed by atoms with Crippen molar-refractivity contribution in [2.45, 2.75) is 53.0 Å². The van der Waals surface area contributed by atoms with Crippen LogP contribution in [0.2, 0.25) is 0 Å². The van der Waals surface area contributed by atoms with E-state index < -0.39 is 10.0 Å². The third-order valence-electron chi connectivity index (χ3n) is 2.40. The molecule has 0 aliphatic carbocycles. The van der Waals surface area contributed by atoms with Crippen LogP contribution in [0.15, 0.2) is 0 Å². The Morgan fingerprint density at radius 2 is 1.76 bits per heavy atom. The zero-order chi connectivity index (χ0) is 13.3. The molecule has 4 nitrogen and oxygen atoms in total. The average Bonchev–Trinajstić information content (AvgIpc) is 2.14. The van der Waals surface area contributed by atoms with Crippen LogP contribution in [0.1, 0.15) is 47.0 Å². The van der Waals surface area contributed by atoms with Gasteiger partial charge in [-0.05, 0) is 45.2 Å². The van der Waals surface area contributed by atoms with Crippen LogP contribution < -0.4 is 10.0 Å². The molecule has 0 aromatic heterocycles. The summed E-state index contributed by atoms with van der Waals surface area (Å²) >= 11 is 0. The second-order valence-electron chi connectivity index (χ2n) is 5.07. The highest BCUT2D eigenvalue weighted by molar-refractivity contribution is 7.89. The van der Waals surface area contributed by atoms with Crippen LogP contribution in [-0.4, -0.2) is 33.3 Å². The summed E-state index contributed by atoms with van der Waals surface area (Å²) in [4.78, 5) is 0. The molecule has 0 amide bonds. The van der Waals surface area contributed by atoms with Gasteiger partial charge in [-0.25, -0.2) is 13.1 Å². The molecule has 0 saturated heterocycles. The summed E-state index contributed by atoms with van der Waals surface area (Å²) in [7, 11) is -3.10. The monoisotopic (exact) mass is 264 g/mol. The van der Waals surface area contributed by atoms with Crippen LogP contribution in [0.25, 0.3) is 0 Å². The molecule has 0 spiro atoms. The SMILES string of the molecule is CCCNCCCS(=O)(=O)NC(C)CC(C)C. The van der Waals surface area contributed by atoms with E-state index >= 15 is 0 Å². The molecular weight excluding hydrogens is 236 g/mol. The summed E-state index contributed by atoms with van der Waals surface area (Å²) < 4.78 is 26.2. The molecule has 0 fully saturated rings. The van der Waals surface area contributed by atoms with Gasteiger partial charge in [0.1, 0.15) is 0 Å². The van der Waals surface area contributed by atoms with Crippen LogP contribution in [0.5, 0.6) is 0 Å². The first-order valence-corrected chi connectivity index (χ1v) is 8.23. The molecule has 17 heavy (non-hydrogen) atoms. The van der Waals surface area contributed by atoms with E-state index in [1.165, 1.54) is 0 Å². The fourth-order valence-electron chi connectivity index (χ4n) is 1.81. The molecule has 0 bridgehead atoms. The Hall–Kier alpha value is -0.130. The third-order valence-corrected chi connectivity index (χ3v) is 3.99. The topological polar surface area (TPSA) is 58.2 Å². The lowest BCUT2D eigenvalue weighted by Crippen LogP contribution is -2.35. The van der Waals surface area contributed by atoms with Gasteiger partial charge in [0.05, 0.1) is 5.75 Å². The first-order chi connectivity index (χ1) is 7.87. The molecule has 1 atom stereocenters. The average molecular weight is 264 g/mol. The molecule has 0 aliphatic heterocycles. The summed E-state index contributed by atoms with van der Waals surface area (Å²) in [6.45, 7) is 9.94. The van der Waals surface area contributed by atoms with Crippen LogP contribution in [0.3, 0.4) is 0 Å². The fraction of sp³-hybridized carbons (Fsp3) is 1.00. The maximum atomic E-state index is 11.7. The van der Waals surface area contributed by atoms with Crippen LogP contribution in [-0.2, 0) is 10.0 Å². The van der Waals surface area contributed by atoms with Gasteiger partial charge in [-0.2, -0.15) is 0 Å². The quantitative estimate of drug-likeness (QED) is 0.591. The first-order valence-electron chi connectivity index (χ1n) is 6.58. The van der Waals surface area contributed by atoms with E-state index in [1.54, 1.807) is 0 Å². The lowest BCUT2D eigenvalue weighted by Gasteiger charge is -2.16. The molecule has 0 aliphatic rings. The molecule has 5 heteroatoms. The van der Waals surface area contributed by atoms with Gasteiger partial charge in [0.15, 0.2) is 0 Å². The van der Waals surface area contributed by atoms with E-state index in [0.717, 1.165) is 25.9 Å². The number of sulfonamides is 1. The molecule has 0 aromatic carbocycles. The molecular formula is C12H28N2O2S. The lowest BCUT2D eigenvalue weighted by molar-refractivity contribution is 0.481. The van der Waals surface area contributed by atoms with Crippen molar-refractivity contribution in [1.82, 2.24) is 10.0 Å². The van der Waals surface area contributed by atoms with Gasteiger partial charge in [-0.3, -0.25) is 0 Å². The van der Waals surface area contributed by atoms with E-state index in [1.807, 2.05) is 6.92 Å². The highest BCUT2D eigenvalue weighted by Gasteiger charge is 2.14. The summed E-state index contributed by atoms with van der Waals surface area (Å²) in [5.41, 5.74) is 0. The highest BCUT2D eigenvalue weighted by atomic mass is 32.2. The van der Waals surface area contributed by atoms with Crippen molar-refractivity contribution in [3.05, 3.63) is 0 Å². The summed E-state index contributed by atoms with van der Waals surface area (Å²) in [5.74, 6) is 0.727. The minimum atomic E-state index is -3.10. The zero-order valence-electron chi connectivity index (χ0n) is 11.6. The van der Waals surface area contributed by atoms with Crippen LogP contribution >= 0.6 is 0 Å². The molecule has 0 radical (unpaired) electrons. The van der Waals surface area contributed by atoms with Gasteiger partial charge in [-0.1, -0.05) is 20.8 Å². The predicted molar refractivity (Wildman–Crippen MR) is 73.6 cm³/mol. The zero-order valence-corrected chi connectivity index (χ0v) is 12.4. The molecule has 1 unspecified atom stereocenters. The van der Waals surface area contributed by atoms with Gasteiger partial charge in [0, 0.05) is 6.04 Å². The Bertz CT molecular complexity index is 276. The third kappa shape index (κ3) is 10.7. The van der Waals surface area contributed by atoms with Gasteiger partial charge >= 0.3 is 0 Å². The van der Waals surface area contributed by atoms with Crippen molar-refractivity contribution < 1.29 is 8.42 Å². The second kappa shape index (κ2) is 8.89. The van der Waals surface area contributed by atoms with E-state index in [4.69, 9.17) is 0 Å². The van der Waals surface area contributed by atoms with Crippen molar-refractivity contribution in [3.8, 4) is 0 Å². The second-order valence-corrected chi connectivity index (χ2v) is 6.94. The summed E-state index contributed by atoms with van der Waals surface area (Å²) in [5, 5.41) is 3.20. The number of hydrogen-bond acceptors (Lipinski definition) is 3. The van der Waals surface area contributed by atoms with E-state index in [9.17, 15) is 8.42 Å². The largest absolute Gasteiger partial charge is 0.317 e. The van der Waals surface area contributed by atoms with E-state index in [0.29, 0.717) is 12.3 Å². The minimum absolute atomic E-state index is 0.0311. The summed E-state index contributed by atoms with van der Waals surface area (Å²) in [6.07, 6.45) is 2.63. The molecule has 0 saturated carbocycles. The number of hydrogen-bond donors (Lipinski definition) is 2. The smallest absolute Gasteiger partial charge is 0.211 e. The molecule has 0 heterocycles.